The molecule has 7 aliphatic rings. The van der Waals surface area contributed by atoms with Gasteiger partial charge >= 0.3 is 0 Å². The molecule has 0 bridgehead atoms. The highest BCUT2D eigenvalue weighted by Crippen LogP contribution is 2.29. The van der Waals surface area contributed by atoms with Gasteiger partial charge in [0.2, 0.25) is 0 Å². The van der Waals surface area contributed by atoms with Gasteiger partial charge in [0.15, 0.2) is 0 Å². The van der Waals surface area contributed by atoms with Crippen LogP contribution in [-0.4, -0.2) is 30.9 Å². The van der Waals surface area contributed by atoms with Crippen molar-refractivity contribution in [3.63, 3.8) is 0 Å². The molecule has 3 heteroatoms. The number of hydrogen-bond donors (Lipinski definition) is 0. The van der Waals surface area contributed by atoms with E-state index in [1.54, 1.807) is 11.1 Å². The second kappa shape index (κ2) is 42.0. The molecule has 7 rings (SSSR count). The minimum atomic E-state index is 0. The van der Waals surface area contributed by atoms with Crippen LogP contribution >= 0.6 is 0 Å². The first-order valence-corrected chi connectivity index (χ1v) is 25.1. The molecule has 5 fully saturated rings. The lowest BCUT2D eigenvalue weighted by atomic mass is 9.84. The smallest absolute Gasteiger partial charge is 0.0547 e. The predicted octanol–water partition coefficient (Wildman–Crippen LogP) is 19.6. The van der Waals surface area contributed by atoms with Gasteiger partial charge < -0.3 is 14.9 Å². The molecule has 6 unspecified atom stereocenters. The van der Waals surface area contributed by atoms with E-state index in [9.17, 15) is 0 Å². The van der Waals surface area contributed by atoms with E-state index >= 15 is 0 Å². The summed E-state index contributed by atoms with van der Waals surface area (Å²) in [4.78, 5) is 0. The molecule has 374 valence electrons. The Bertz CT molecular complexity index is 759. The Morgan fingerprint density at radius 1 is 0.328 bits per heavy atom. The van der Waals surface area contributed by atoms with Gasteiger partial charge in [-0.25, -0.2) is 0 Å². The maximum atomic E-state index is 5.39. The Hall–Kier alpha value is -0.640. The molecule has 0 aromatic rings. The van der Waals surface area contributed by atoms with Crippen molar-refractivity contribution in [1.82, 2.24) is 0 Å². The van der Waals surface area contributed by atoms with Crippen molar-refractivity contribution in [3.05, 3.63) is 23.3 Å². The molecule has 2 heterocycles. The van der Waals surface area contributed by atoms with Crippen LogP contribution < -0.4 is 0 Å². The second-order valence-corrected chi connectivity index (χ2v) is 21.6. The predicted molar refractivity (Wildman–Crippen MR) is 284 cm³/mol. The van der Waals surface area contributed by atoms with Crippen LogP contribution in [0, 0.1) is 59.2 Å². The Labute approximate surface area is 390 Å². The van der Waals surface area contributed by atoms with Crippen molar-refractivity contribution in [2.24, 2.45) is 59.2 Å². The molecule has 0 amide bonds. The third-order valence-corrected chi connectivity index (χ3v) is 14.2. The summed E-state index contributed by atoms with van der Waals surface area (Å²) in [5, 5.41) is 0. The molecule has 61 heavy (non-hydrogen) atoms. The van der Waals surface area contributed by atoms with Gasteiger partial charge in [-0.1, -0.05) is 199 Å². The van der Waals surface area contributed by atoms with Crippen molar-refractivity contribution < 1.29 is 16.4 Å². The van der Waals surface area contributed by atoms with Gasteiger partial charge in [-0.15, -0.1) is 0 Å². The normalized spacial score (nSPS) is 33.9. The highest BCUT2D eigenvalue weighted by molar-refractivity contribution is 5.02. The van der Waals surface area contributed by atoms with Crippen LogP contribution in [0.4, 0.5) is 0 Å². The Morgan fingerprint density at radius 3 is 0.672 bits per heavy atom. The van der Waals surface area contributed by atoms with Crippen LogP contribution in [0.1, 0.15) is 269 Å². The topological polar surface area (TPSA) is 50.0 Å². The summed E-state index contributed by atoms with van der Waals surface area (Å²) in [6, 6.07) is 0. The molecule has 2 N–H and O–H groups in total. The van der Waals surface area contributed by atoms with E-state index in [0.717, 1.165) is 72.4 Å². The fourth-order valence-corrected chi connectivity index (χ4v) is 8.50. The van der Waals surface area contributed by atoms with Gasteiger partial charge in [-0.2, -0.15) is 0 Å². The van der Waals surface area contributed by atoms with E-state index in [1.165, 1.54) is 141 Å². The largest absolute Gasteiger partial charge is 0.412 e. The molecule has 6 atom stereocenters. The second-order valence-electron chi connectivity index (χ2n) is 21.6. The number of ether oxygens (including phenoxy) is 2. The van der Waals surface area contributed by atoms with E-state index in [2.05, 4.69) is 109 Å². The van der Waals surface area contributed by atoms with Crippen molar-refractivity contribution >= 4 is 0 Å². The van der Waals surface area contributed by atoms with Crippen molar-refractivity contribution in [2.75, 3.05) is 13.2 Å². The number of hydrogen-bond acceptors (Lipinski definition) is 2. The minimum Gasteiger partial charge on any atom is -0.412 e. The maximum absolute atomic E-state index is 5.39. The van der Waals surface area contributed by atoms with E-state index in [4.69, 9.17) is 9.47 Å². The molecule has 0 aromatic heterocycles. The molecule has 0 spiro atoms. The van der Waals surface area contributed by atoms with Gasteiger partial charge in [0.25, 0.3) is 0 Å². The SMILES string of the molecule is C.C.C.C.CC1=CCC(C)CC1.CC1=CCC(C)CC1.CC1CCC(C)CC1.CC1CCC(C)CC1.CC1CCC(C)CC1.CC1CCC(C)OC1.CC1CCC(C)OC1.O.[HH]. The van der Waals surface area contributed by atoms with E-state index in [1.807, 2.05) is 0 Å². The van der Waals surface area contributed by atoms with E-state index in [0.29, 0.717) is 12.2 Å². The van der Waals surface area contributed by atoms with Crippen LogP contribution in [0.15, 0.2) is 23.3 Å². The average Bonchev–Trinajstić information content (AvgIpc) is 3.18. The third kappa shape index (κ3) is 40.6. The monoisotopic (exact) mass is 869 g/mol. The van der Waals surface area contributed by atoms with Crippen molar-refractivity contribution in [1.29, 1.82) is 0 Å². The van der Waals surface area contributed by atoms with Crippen LogP contribution in [0.5, 0.6) is 0 Å². The van der Waals surface area contributed by atoms with Gasteiger partial charge in [-0.05, 0) is 151 Å². The molecule has 5 aliphatic carbocycles. The third-order valence-electron chi connectivity index (χ3n) is 14.2. The highest BCUT2D eigenvalue weighted by Gasteiger charge is 2.16. The Morgan fingerprint density at radius 2 is 0.541 bits per heavy atom. The van der Waals surface area contributed by atoms with E-state index < -0.39 is 0 Å². The standard InChI is InChI=1S/3C8H16.2C8H14.2C7H14O.4CH4.H2O.H2/c5*1-7-3-5-8(2)6-4-7;2*1-6-3-4-7(2)8-5-6;;;;;;/h3*7-8H,3-6H2,1-2H3;2*3,8H,4-6H2,1-2H3;2*6-7H,3-5H2,1-2H3;4*1H4;1H2;1H. The lowest BCUT2D eigenvalue weighted by Gasteiger charge is -2.23. The lowest BCUT2D eigenvalue weighted by molar-refractivity contribution is 0.000174. The summed E-state index contributed by atoms with van der Waals surface area (Å²) < 4.78 is 10.8. The summed E-state index contributed by atoms with van der Waals surface area (Å²) in [5.74, 6) is 9.60. The molecular formula is C58H124O3. The lowest BCUT2D eigenvalue weighted by Crippen LogP contribution is -2.21. The van der Waals surface area contributed by atoms with Crippen LogP contribution in [0.3, 0.4) is 0 Å². The molecule has 2 aliphatic heterocycles. The Balaban J connectivity index is -0.000000145. The zero-order valence-corrected chi connectivity index (χ0v) is 41.4. The maximum Gasteiger partial charge on any atom is 0.0547 e. The van der Waals surface area contributed by atoms with Gasteiger partial charge in [0.05, 0.1) is 12.2 Å². The fourth-order valence-electron chi connectivity index (χ4n) is 8.50. The highest BCUT2D eigenvalue weighted by atomic mass is 16.5. The molecule has 0 radical (unpaired) electrons. The van der Waals surface area contributed by atoms with Crippen LogP contribution in [0.25, 0.3) is 0 Å². The molecule has 3 saturated carbocycles. The van der Waals surface area contributed by atoms with Crippen LogP contribution in [-0.2, 0) is 9.47 Å². The van der Waals surface area contributed by atoms with Crippen molar-refractivity contribution in [3.8, 4) is 0 Å². The minimum absolute atomic E-state index is 0. The first-order chi connectivity index (χ1) is 26.5. The van der Waals surface area contributed by atoms with Crippen molar-refractivity contribution in [2.45, 2.75) is 280 Å². The first-order valence-electron chi connectivity index (χ1n) is 25.1. The fraction of sp³-hybridized carbons (Fsp3) is 0.931. The molecular weight excluding hydrogens is 745 g/mol. The summed E-state index contributed by atoms with van der Waals surface area (Å²) in [7, 11) is 0. The van der Waals surface area contributed by atoms with Gasteiger partial charge in [-0.3, -0.25) is 0 Å². The summed E-state index contributed by atoms with van der Waals surface area (Å²) >= 11 is 0. The van der Waals surface area contributed by atoms with Gasteiger partial charge in [0, 0.05) is 14.6 Å². The summed E-state index contributed by atoms with van der Waals surface area (Å²) in [6.45, 7) is 34.0. The molecule has 0 aromatic carbocycles. The average molecular weight is 870 g/mol. The Kier molecular flexibility index (Phi) is 47.8. The zero-order chi connectivity index (χ0) is 41.9. The van der Waals surface area contributed by atoms with Crippen LogP contribution in [0.2, 0.25) is 0 Å². The number of allylic oxidation sites excluding steroid dienone is 4. The summed E-state index contributed by atoms with van der Waals surface area (Å²) in [6.07, 6.45) is 36.8. The van der Waals surface area contributed by atoms with E-state index in [-0.39, 0.29) is 36.6 Å². The molecule has 2 saturated heterocycles. The zero-order valence-electron chi connectivity index (χ0n) is 41.4. The number of rotatable bonds is 0. The first kappa shape index (κ1) is 69.4. The summed E-state index contributed by atoms with van der Waals surface area (Å²) in [5.41, 5.74) is 3.17. The van der Waals surface area contributed by atoms with Gasteiger partial charge in [0.1, 0.15) is 0 Å². The molecule has 3 nitrogen and oxygen atoms in total. The quantitative estimate of drug-likeness (QED) is 0.228.